The van der Waals surface area contributed by atoms with Crippen LogP contribution in [0.25, 0.3) is 0 Å². The molecule has 1 aliphatic rings. The first-order chi connectivity index (χ1) is 13.6. The number of rotatable bonds is 5. The largest absolute Gasteiger partial charge is 0.497 e. The van der Waals surface area contributed by atoms with E-state index in [4.69, 9.17) is 13.7 Å². The van der Waals surface area contributed by atoms with E-state index in [0.29, 0.717) is 25.7 Å². The molecular weight excluding hydrogens is 250 g/mol. The molecule has 2 rings (SSSR count). The van der Waals surface area contributed by atoms with Crippen LogP contribution in [0.5, 0.6) is 5.75 Å². The van der Waals surface area contributed by atoms with Gasteiger partial charge in [0, 0.05) is 16.6 Å². The highest BCUT2D eigenvalue weighted by molar-refractivity contribution is 5.31. The summed E-state index contributed by atoms with van der Waals surface area (Å²) in [6.07, 6.45) is 2.93. The molecule has 0 amide bonds. The Morgan fingerprint density at radius 2 is 2.05 bits per heavy atom. The van der Waals surface area contributed by atoms with Crippen molar-refractivity contribution in [3.63, 3.8) is 0 Å². The van der Waals surface area contributed by atoms with Crippen LogP contribution in [0.3, 0.4) is 0 Å². The molecule has 0 aliphatic heterocycles. The molecule has 1 aliphatic carbocycles. The Labute approximate surface area is 136 Å². The molecule has 20 heavy (non-hydrogen) atoms. The van der Waals surface area contributed by atoms with E-state index < -0.39 is 55.5 Å². The molecule has 1 N–H and O–H groups in total. The van der Waals surface area contributed by atoms with Crippen molar-refractivity contribution in [1.29, 1.82) is 0 Å². The van der Waals surface area contributed by atoms with E-state index >= 15 is 0 Å². The van der Waals surface area contributed by atoms with Gasteiger partial charge in [0.15, 0.2) is 0 Å². The molecule has 1 atom stereocenters. The Bertz CT molecular complexity index is 742. The SMILES string of the molecule is [2H]c1c([2H])c(C(CN(C)C([2H])([2H])[2H])C2(O)CCCCC2)c([2H])c([2H])c1OC([2H])([2H])[2H]. The summed E-state index contributed by atoms with van der Waals surface area (Å²) in [6.45, 7) is -2.70. The second kappa shape index (κ2) is 6.59. The van der Waals surface area contributed by atoms with Crippen LogP contribution in [0, 0.1) is 0 Å². The van der Waals surface area contributed by atoms with Gasteiger partial charge in [-0.15, -0.1) is 0 Å². The number of methoxy groups -OCH3 is 1. The van der Waals surface area contributed by atoms with Gasteiger partial charge in [-0.25, -0.2) is 0 Å². The Morgan fingerprint density at radius 1 is 1.35 bits per heavy atom. The van der Waals surface area contributed by atoms with Crippen LogP contribution in [0.15, 0.2) is 24.2 Å². The maximum Gasteiger partial charge on any atom is 0.118 e. The molecule has 1 aromatic rings. The fourth-order valence-corrected chi connectivity index (χ4v) is 2.85. The molecule has 1 aromatic carbocycles. The molecule has 0 bridgehead atoms. The normalized spacial score (nSPS) is 28.4. The summed E-state index contributed by atoms with van der Waals surface area (Å²) in [5.41, 5.74) is -1.54. The monoisotopic (exact) mass is 287 g/mol. The van der Waals surface area contributed by atoms with Crippen molar-refractivity contribution in [2.75, 3.05) is 27.6 Å². The third-order valence-corrected chi connectivity index (χ3v) is 3.90. The van der Waals surface area contributed by atoms with Gasteiger partial charge < -0.3 is 14.7 Å². The van der Waals surface area contributed by atoms with Crippen LogP contribution >= 0.6 is 0 Å². The van der Waals surface area contributed by atoms with Gasteiger partial charge in [0.05, 0.1) is 22.2 Å². The van der Waals surface area contributed by atoms with E-state index in [0.717, 1.165) is 11.3 Å². The summed E-state index contributed by atoms with van der Waals surface area (Å²) in [7, 11) is -1.62. The first kappa shape index (κ1) is 6.80. The number of benzene rings is 1. The first-order valence-corrected chi connectivity index (χ1v) is 6.81. The van der Waals surface area contributed by atoms with Crippen LogP contribution in [0.2, 0.25) is 0 Å². The van der Waals surface area contributed by atoms with E-state index in [-0.39, 0.29) is 12.1 Å². The highest BCUT2D eigenvalue weighted by Crippen LogP contribution is 2.40. The molecule has 1 unspecified atom stereocenters. The van der Waals surface area contributed by atoms with Crippen molar-refractivity contribution >= 4 is 0 Å². The Hall–Kier alpha value is -1.06. The van der Waals surface area contributed by atoms with Gasteiger partial charge in [-0.3, -0.25) is 0 Å². The summed E-state index contributed by atoms with van der Waals surface area (Å²) in [4.78, 5) is 1.03. The van der Waals surface area contributed by atoms with Crippen LogP contribution in [0.1, 0.15) is 57.3 Å². The predicted octanol–water partition coefficient (Wildman–Crippen LogP) is 3.04. The lowest BCUT2D eigenvalue weighted by atomic mass is 9.72. The van der Waals surface area contributed by atoms with E-state index in [9.17, 15) is 5.11 Å². The maximum absolute atomic E-state index is 11.4. The number of aliphatic hydroxyl groups is 1. The van der Waals surface area contributed by atoms with Crippen LogP contribution in [-0.4, -0.2) is 43.2 Å². The number of hydrogen-bond acceptors (Lipinski definition) is 3. The first-order valence-electron chi connectivity index (χ1n) is 11.8. The van der Waals surface area contributed by atoms with E-state index in [1.165, 1.54) is 7.05 Å². The van der Waals surface area contributed by atoms with Crippen molar-refractivity contribution < 1.29 is 23.6 Å². The molecule has 1 fully saturated rings. The molecule has 0 heterocycles. The topological polar surface area (TPSA) is 32.7 Å². The van der Waals surface area contributed by atoms with E-state index in [1.807, 2.05) is 0 Å². The second-order valence-corrected chi connectivity index (χ2v) is 5.44. The van der Waals surface area contributed by atoms with Gasteiger partial charge in [-0.05, 0) is 44.5 Å². The molecule has 112 valence electrons. The maximum atomic E-state index is 11.4. The average molecular weight is 287 g/mol. The quantitative estimate of drug-likeness (QED) is 0.903. The summed E-state index contributed by atoms with van der Waals surface area (Å²) in [6, 6.07) is -2.44. The van der Waals surface area contributed by atoms with Gasteiger partial charge in [-0.2, -0.15) is 0 Å². The van der Waals surface area contributed by atoms with E-state index in [2.05, 4.69) is 4.74 Å². The van der Waals surface area contributed by atoms with Gasteiger partial charge in [0.25, 0.3) is 0 Å². The van der Waals surface area contributed by atoms with Gasteiger partial charge in [0.1, 0.15) is 5.75 Å². The Kier molecular flexibility index (Phi) is 2.24. The Balaban J connectivity index is 2.65. The number of likely N-dealkylation sites (N-methyl/N-ethyl adjacent to an activating group) is 1. The molecule has 3 heteroatoms. The molecule has 0 saturated heterocycles. The Morgan fingerprint density at radius 3 is 2.65 bits per heavy atom. The summed E-state index contributed by atoms with van der Waals surface area (Å²) in [5.74, 6) is -1.72. The molecule has 0 spiro atoms. The lowest BCUT2D eigenvalue weighted by Crippen LogP contribution is -2.42. The molecule has 0 radical (unpaired) electrons. The van der Waals surface area contributed by atoms with Crippen LogP contribution in [0.4, 0.5) is 0 Å². The molecule has 0 aromatic heterocycles. The second-order valence-electron chi connectivity index (χ2n) is 5.44. The molecular formula is C17H27NO2. The van der Waals surface area contributed by atoms with Crippen molar-refractivity contribution in [3.05, 3.63) is 29.7 Å². The molecule has 1 saturated carbocycles. The van der Waals surface area contributed by atoms with Crippen LogP contribution < -0.4 is 4.74 Å². The highest BCUT2D eigenvalue weighted by Gasteiger charge is 2.38. The third kappa shape index (κ3) is 3.53. The minimum atomic E-state index is -2.96. The minimum Gasteiger partial charge on any atom is -0.497 e. The summed E-state index contributed by atoms with van der Waals surface area (Å²) < 4.78 is 82.3. The lowest BCUT2D eigenvalue weighted by Gasteiger charge is -2.40. The van der Waals surface area contributed by atoms with Crippen molar-refractivity contribution in [3.8, 4) is 5.75 Å². The summed E-state index contributed by atoms with van der Waals surface area (Å²) >= 11 is 0. The minimum absolute atomic E-state index is 0.136. The number of nitrogens with zero attached hydrogens (tertiary/aromatic N) is 1. The molecule has 3 nitrogen and oxygen atoms in total. The van der Waals surface area contributed by atoms with Crippen molar-refractivity contribution in [2.24, 2.45) is 0 Å². The fourth-order valence-electron chi connectivity index (χ4n) is 2.85. The summed E-state index contributed by atoms with van der Waals surface area (Å²) in [5, 5.41) is 11.4. The zero-order valence-corrected chi connectivity index (χ0v) is 11.6. The smallest absolute Gasteiger partial charge is 0.118 e. The number of hydrogen-bond donors (Lipinski definition) is 1. The van der Waals surface area contributed by atoms with Crippen molar-refractivity contribution in [2.45, 2.75) is 43.6 Å². The van der Waals surface area contributed by atoms with Gasteiger partial charge in [0.2, 0.25) is 0 Å². The average Bonchev–Trinajstić information content (AvgIpc) is 2.62. The highest BCUT2D eigenvalue weighted by atomic mass is 16.5. The number of ether oxygens (including phenoxy) is 1. The van der Waals surface area contributed by atoms with Gasteiger partial charge in [-0.1, -0.05) is 31.3 Å². The van der Waals surface area contributed by atoms with Crippen LogP contribution in [-0.2, 0) is 0 Å². The lowest BCUT2D eigenvalue weighted by molar-refractivity contribution is -0.0277. The predicted molar refractivity (Wildman–Crippen MR) is 82.3 cm³/mol. The standard InChI is InChI=1S/C17H27NO2/c1-18(2)13-16(17(19)11-5-4-6-12-17)14-7-9-15(20-3)10-8-14/h7-10,16,19H,4-6,11-13H2,1-3H3/i1D3,3D3,7D,8D,9D,10D. The third-order valence-electron chi connectivity index (χ3n) is 3.90. The van der Waals surface area contributed by atoms with Gasteiger partial charge >= 0.3 is 0 Å². The van der Waals surface area contributed by atoms with E-state index in [1.54, 1.807) is 0 Å². The zero-order valence-electron chi connectivity index (χ0n) is 21.6. The fraction of sp³-hybridized carbons (Fsp3) is 0.647. The zero-order chi connectivity index (χ0) is 23.1. The van der Waals surface area contributed by atoms with Crippen molar-refractivity contribution in [1.82, 2.24) is 4.90 Å².